The van der Waals surface area contributed by atoms with Crippen molar-refractivity contribution in [3.8, 4) is 0 Å². The molecule has 0 saturated heterocycles. The molecule has 2 unspecified atom stereocenters. The third kappa shape index (κ3) is 3.27. The molecule has 2 N–H and O–H groups in total. The fraction of sp³-hybridized carbons (Fsp3) is 1.00. The summed E-state index contributed by atoms with van der Waals surface area (Å²) in [5.41, 5.74) is 6.39. The third-order valence-corrected chi connectivity index (χ3v) is 3.92. The van der Waals surface area contributed by atoms with Gasteiger partial charge in [-0.25, -0.2) is 0 Å². The summed E-state index contributed by atoms with van der Waals surface area (Å²) < 4.78 is 0. The minimum Gasteiger partial charge on any atom is -0.327 e. The average molecular weight is 197 g/mol. The van der Waals surface area contributed by atoms with Gasteiger partial charge in [-0.1, -0.05) is 46.0 Å². The van der Waals surface area contributed by atoms with Crippen LogP contribution in [0.4, 0.5) is 0 Å². The molecule has 0 bridgehead atoms. The van der Waals surface area contributed by atoms with Crippen molar-refractivity contribution >= 4 is 0 Å². The summed E-state index contributed by atoms with van der Waals surface area (Å²) in [6.07, 6.45) is 10.9. The van der Waals surface area contributed by atoms with E-state index in [0.29, 0.717) is 6.04 Å². The summed E-state index contributed by atoms with van der Waals surface area (Å²) in [4.78, 5) is 0. The summed E-state index contributed by atoms with van der Waals surface area (Å²) in [5.74, 6) is 1.61. The summed E-state index contributed by atoms with van der Waals surface area (Å²) in [7, 11) is 0. The molecule has 14 heavy (non-hydrogen) atoms. The lowest BCUT2D eigenvalue weighted by atomic mass is 9.77. The van der Waals surface area contributed by atoms with Crippen LogP contribution in [0.1, 0.15) is 65.2 Å². The van der Waals surface area contributed by atoms with Gasteiger partial charge in [-0.3, -0.25) is 0 Å². The van der Waals surface area contributed by atoms with Gasteiger partial charge in [0.05, 0.1) is 0 Å². The summed E-state index contributed by atoms with van der Waals surface area (Å²) in [5, 5.41) is 0. The van der Waals surface area contributed by atoms with Gasteiger partial charge in [0.2, 0.25) is 0 Å². The van der Waals surface area contributed by atoms with E-state index in [1.165, 1.54) is 51.4 Å². The lowest BCUT2D eigenvalue weighted by Gasteiger charge is -2.32. The predicted molar refractivity (Wildman–Crippen MR) is 63.2 cm³/mol. The first-order chi connectivity index (χ1) is 6.79. The molecule has 1 nitrogen and oxygen atoms in total. The molecule has 0 spiro atoms. The van der Waals surface area contributed by atoms with Crippen LogP contribution in [0.3, 0.4) is 0 Å². The molecule has 1 fully saturated rings. The number of hydrogen-bond acceptors (Lipinski definition) is 1. The first-order valence-corrected chi connectivity index (χ1v) is 6.55. The zero-order chi connectivity index (χ0) is 10.4. The Morgan fingerprint density at radius 1 is 1.14 bits per heavy atom. The average Bonchev–Trinajstić information content (AvgIpc) is 2.26. The van der Waals surface area contributed by atoms with Crippen molar-refractivity contribution in [3.63, 3.8) is 0 Å². The van der Waals surface area contributed by atoms with Gasteiger partial charge >= 0.3 is 0 Å². The molecule has 0 amide bonds. The van der Waals surface area contributed by atoms with Gasteiger partial charge < -0.3 is 5.73 Å². The van der Waals surface area contributed by atoms with Gasteiger partial charge in [-0.05, 0) is 31.1 Å². The van der Waals surface area contributed by atoms with Gasteiger partial charge in [0.25, 0.3) is 0 Å². The molecular weight excluding hydrogens is 170 g/mol. The number of rotatable bonds is 5. The minimum atomic E-state index is 0.486. The van der Waals surface area contributed by atoms with E-state index < -0.39 is 0 Å². The lowest BCUT2D eigenvalue weighted by Crippen LogP contribution is -2.38. The van der Waals surface area contributed by atoms with Crippen molar-refractivity contribution in [1.29, 1.82) is 0 Å². The molecule has 0 aromatic heterocycles. The second kappa shape index (κ2) is 6.44. The third-order valence-electron chi connectivity index (χ3n) is 3.92. The highest BCUT2D eigenvalue weighted by Gasteiger charge is 2.25. The van der Waals surface area contributed by atoms with Gasteiger partial charge in [-0.2, -0.15) is 0 Å². The van der Waals surface area contributed by atoms with Crippen molar-refractivity contribution in [1.82, 2.24) is 0 Å². The monoisotopic (exact) mass is 197 g/mol. The predicted octanol–water partition coefficient (Wildman–Crippen LogP) is 3.72. The van der Waals surface area contributed by atoms with Crippen molar-refractivity contribution < 1.29 is 0 Å². The smallest absolute Gasteiger partial charge is 0.00955 e. The Bertz CT molecular complexity index is 133. The van der Waals surface area contributed by atoms with Crippen LogP contribution in [0.2, 0.25) is 0 Å². The number of hydrogen-bond donors (Lipinski definition) is 1. The first kappa shape index (κ1) is 12.0. The normalized spacial score (nSPS) is 23.4. The van der Waals surface area contributed by atoms with Crippen LogP contribution in [-0.2, 0) is 0 Å². The summed E-state index contributed by atoms with van der Waals surface area (Å²) in [6.45, 7) is 4.57. The van der Waals surface area contributed by atoms with E-state index in [-0.39, 0.29) is 0 Å². The standard InChI is InChI=1S/C13H27N/c1-3-8-11(4-2)13(14)12-9-6-5-7-10-12/h11-13H,3-10,14H2,1-2H3. The Kier molecular flexibility index (Phi) is 5.54. The van der Waals surface area contributed by atoms with Crippen LogP contribution in [0.25, 0.3) is 0 Å². The van der Waals surface area contributed by atoms with Gasteiger partial charge in [0, 0.05) is 6.04 Å². The maximum absolute atomic E-state index is 6.39. The Labute approximate surface area is 89.5 Å². The molecule has 1 heteroatoms. The molecule has 0 aromatic carbocycles. The summed E-state index contributed by atoms with van der Waals surface area (Å²) in [6, 6.07) is 0.486. The Balaban J connectivity index is 2.38. The lowest BCUT2D eigenvalue weighted by molar-refractivity contribution is 0.230. The Morgan fingerprint density at radius 2 is 1.79 bits per heavy atom. The molecule has 84 valence electrons. The zero-order valence-corrected chi connectivity index (χ0v) is 9.97. The molecule has 2 atom stereocenters. The fourth-order valence-corrected chi connectivity index (χ4v) is 2.94. The fourth-order valence-electron chi connectivity index (χ4n) is 2.94. The van der Waals surface area contributed by atoms with E-state index in [1.807, 2.05) is 0 Å². The van der Waals surface area contributed by atoms with E-state index in [4.69, 9.17) is 5.73 Å². The van der Waals surface area contributed by atoms with Crippen molar-refractivity contribution in [3.05, 3.63) is 0 Å². The second-order valence-corrected chi connectivity index (χ2v) is 4.93. The Hall–Kier alpha value is -0.0400. The number of nitrogens with two attached hydrogens (primary N) is 1. The molecule has 0 aromatic rings. The highest BCUT2D eigenvalue weighted by Crippen LogP contribution is 2.30. The quantitative estimate of drug-likeness (QED) is 0.714. The maximum atomic E-state index is 6.39. The largest absolute Gasteiger partial charge is 0.327 e. The molecular formula is C13H27N. The van der Waals surface area contributed by atoms with Crippen molar-refractivity contribution in [2.24, 2.45) is 17.6 Å². The molecule has 0 radical (unpaired) electrons. The SMILES string of the molecule is CCCC(CC)C(N)C1CCCCC1. The van der Waals surface area contributed by atoms with Gasteiger partial charge in [-0.15, -0.1) is 0 Å². The van der Waals surface area contributed by atoms with E-state index in [1.54, 1.807) is 0 Å². The van der Waals surface area contributed by atoms with E-state index in [0.717, 1.165) is 11.8 Å². The van der Waals surface area contributed by atoms with E-state index in [9.17, 15) is 0 Å². The highest BCUT2D eigenvalue weighted by molar-refractivity contribution is 4.81. The zero-order valence-electron chi connectivity index (χ0n) is 9.97. The second-order valence-electron chi connectivity index (χ2n) is 4.93. The van der Waals surface area contributed by atoms with Crippen molar-refractivity contribution in [2.75, 3.05) is 0 Å². The van der Waals surface area contributed by atoms with E-state index in [2.05, 4.69) is 13.8 Å². The van der Waals surface area contributed by atoms with E-state index >= 15 is 0 Å². The molecule has 1 rings (SSSR count). The maximum Gasteiger partial charge on any atom is 0.00955 e. The van der Waals surface area contributed by atoms with Crippen LogP contribution in [0.5, 0.6) is 0 Å². The van der Waals surface area contributed by atoms with Crippen LogP contribution in [-0.4, -0.2) is 6.04 Å². The van der Waals surface area contributed by atoms with Crippen LogP contribution in [0, 0.1) is 11.8 Å². The van der Waals surface area contributed by atoms with Crippen LogP contribution >= 0.6 is 0 Å². The highest BCUT2D eigenvalue weighted by atomic mass is 14.7. The molecule has 0 heterocycles. The first-order valence-electron chi connectivity index (χ1n) is 6.55. The summed E-state index contributed by atoms with van der Waals surface area (Å²) >= 11 is 0. The van der Waals surface area contributed by atoms with Crippen LogP contribution in [0.15, 0.2) is 0 Å². The van der Waals surface area contributed by atoms with Gasteiger partial charge in [0.15, 0.2) is 0 Å². The van der Waals surface area contributed by atoms with Gasteiger partial charge in [0.1, 0.15) is 0 Å². The topological polar surface area (TPSA) is 26.0 Å². The Morgan fingerprint density at radius 3 is 2.29 bits per heavy atom. The molecule has 1 saturated carbocycles. The van der Waals surface area contributed by atoms with Crippen LogP contribution < -0.4 is 5.73 Å². The molecule has 1 aliphatic rings. The minimum absolute atomic E-state index is 0.486. The molecule has 0 aliphatic heterocycles. The van der Waals surface area contributed by atoms with Crippen molar-refractivity contribution in [2.45, 2.75) is 71.3 Å². The molecule has 1 aliphatic carbocycles.